The zero-order chi connectivity index (χ0) is 13.9. The number of nitrogens with one attached hydrogen (secondary N) is 1. The highest BCUT2D eigenvalue weighted by molar-refractivity contribution is 14.1. The van der Waals surface area contributed by atoms with Crippen LogP contribution in [0.15, 0.2) is 12.1 Å². The Morgan fingerprint density at radius 2 is 1.94 bits per heavy atom. The van der Waals surface area contributed by atoms with Crippen molar-refractivity contribution in [1.82, 2.24) is 5.32 Å². The van der Waals surface area contributed by atoms with Gasteiger partial charge in [0.25, 0.3) is 5.91 Å². The average Bonchev–Trinajstić information content (AvgIpc) is 2.29. The van der Waals surface area contributed by atoms with Crippen LogP contribution in [0.1, 0.15) is 24.2 Å². The highest BCUT2D eigenvalue weighted by Crippen LogP contribution is 2.22. The first-order valence-electron chi connectivity index (χ1n) is 5.43. The monoisotopic (exact) mass is 585 g/mol. The van der Waals surface area contributed by atoms with Gasteiger partial charge in [-0.1, -0.05) is 13.8 Å². The van der Waals surface area contributed by atoms with Gasteiger partial charge in [0, 0.05) is 17.3 Å². The highest BCUT2D eigenvalue weighted by Gasteiger charge is 2.15. The molecule has 100 valence electrons. The average molecular weight is 585 g/mol. The summed E-state index contributed by atoms with van der Waals surface area (Å²) in [6.45, 7) is 4.14. The fraction of sp³-hybridized carbons (Fsp3) is 0.417. The van der Waals surface area contributed by atoms with Gasteiger partial charge in [0.05, 0.1) is 11.7 Å². The van der Waals surface area contributed by atoms with Crippen molar-refractivity contribution < 1.29 is 9.90 Å². The minimum absolute atomic E-state index is 0.129. The maximum Gasteiger partial charge on any atom is 0.252 e. The van der Waals surface area contributed by atoms with E-state index in [1.54, 1.807) is 0 Å². The van der Waals surface area contributed by atoms with Crippen molar-refractivity contribution in [2.75, 3.05) is 6.54 Å². The van der Waals surface area contributed by atoms with Gasteiger partial charge in [-0.15, -0.1) is 0 Å². The van der Waals surface area contributed by atoms with Crippen LogP contribution in [0, 0.1) is 16.6 Å². The number of carbonyl (C=O) groups excluding carboxylic acids is 1. The summed E-state index contributed by atoms with van der Waals surface area (Å²) in [7, 11) is 0. The number of halogens is 3. The SMILES string of the molecule is CC(C)C(O)CNC(=O)c1cc(I)cc(I)c1I. The molecule has 1 amide bonds. The van der Waals surface area contributed by atoms with Crippen LogP contribution in [0.3, 0.4) is 0 Å². The number of hydrogen-bond donors (Lipinski definition) is 2. The maximum atomic E-state index is 12.1. The summed E-state index contributed by atoms with van der Waals surface area (Å²) in [5.41, 5.74) is 0.669. The van der Waals surface area contributed by atoms with Gasteiger partial charge in [-0.25, -0.2) is 0 Å². The van der Waals surface area contributed by atoms with E-state index in [2.05, 4.69) is 73.1 Å². The zero-order valence-corrected chi connectivity index (χ0v) is 16.5. The summed E-state index contributed by atoms with van der Waals surface area (Å²) in [4.78, 5) is 12.1. The molecule has 1 atom stereocenters. The van der Waals surface area contributed by atoms with Crippen molar-refractivity contribution in [3.8, 4) is 0 Å². The van der Waals surface area contributed by atoms with Crippen LogP contribution in [0.2, 0.25) is 0 Å². The lowest BCUT2D eigenvalue weighted by molar-refractivity contribution is 0.0870. The summed E-state index contributed by atoms with van der Waals surface area (Å²) < 4.78 is 3.05. The molecule has 0 bridgehead atoms. The van der Waals surface area contributed by atoms with Crippen molar-refractivity contribution in [2.24, 2.45) is 5.92 Å². The first-order chi connectivity index (χ1) is 8.32. The smallest absolute Gasteiger partial charge is 0.252 e. The van der Waals surface area contributed by atoms with Crippen LogP contribution >= 0.6 is 67.8 Å². The number of aliphatic hydroxyl groups is 1. The Balaban J connectivity index is 2.79. The summed E-state index contributed by atoms with van der Waals surface area (Å²) >= 11 is 6.59. The summed E-state index contributed by atoms with van der Waals surface area (Å²) in [5, 5.41) is 12.5. The molecule has 1 rings (SSSR count). The van der Waals surface area contributed by atoms with Gasteiger partial charge in [-0.3, -0.25) is 4.79 Å². The minimum atomic E-state index is -0.506. The molecule has 0 aromatic heterocycles. The molecular weight excluding hydrogens is 571 g/mol. The quantitative estimate of drug-likeness (QED) is 0.422. The Bertz CT molecular complexity index is 449. The molecule has 3 nitrogen and oxygen atoms in total. The predicted octanol–water partition coefficient (Wildman–Crippen LogP) is 3.25. The van der Waals surface area contributed by atoms with Crippen molar-refractivity contribution in [3.05, 3.63) is 28.4 Å². The van der Waals surface area contributed by atoms with Gasteiger partial charge in [-0.05, 0) is 85.8 Å². The molecule has 0 fully saturated rings. The number of carbonyl (C=O) groups is 1. The first-order valence-corrected chi connectivity index (χ1v) is 8.67. The lowest BCUT2D eigenvalue weighted by atomic mass is 10.1. The van der Waals surface area contributed by atoms with Crippen LogP contribution < -0.4 is 5.32 Å². The summed E-state index contributed by atoms with van der Waals surface area (Å²) in [6, 6.07) is 3.89. The van der Waals surface area contributed by atoms with E-state index in [1.807, 2.05) is 26.0 Å². The van der Waals surface area contributed by atoms with Crippen molar-refractivity contribution in [1.29, 1.82) is 0 Å². The summed E-state index contributed by atoms with van der Waals surface area (Å²) in [6.07, 6.45) is -0.506. The van der Waals surface area contributed by atoms with E-state index >= 15 is 0 Å². The zero-order valence-electron chi connectivity index (χ0n) is 10.0. The Morgan fingerprint density at radius 3 is 2.50 bits per heavy atom. The molecule has 0 saturated heterocycles. The van der Waals surface area contributed by atoms with E-state index in [9.17, 15) is 9.90 Å². The third-order valence-corrected chi connectivity index (χ3v) is 6.15. The van der Waals surface area contributed by atoms with Crippen molar-refractivity contribution in [2.45, 2.75) is 20.0 Å². The molecule has 6 heteroatoms. The topological polar surface area (TPSA) is 49.3 Å². The predicted molar refractivity (Wildman–Crippen MR) is 97.8 cm³/mol. The van der Waals surface area contributed by atoms with Gasteiger partial charge in [0.15, 0.2) is 0 Å². The van der Waals surface area contributed by atoms with E-state index in [0.717, 1.165) is 10.7 Å². The second-order valence-electron chi connectivity index (χ2n) is 4.27. The molecule has 18 heavy (non-hydrogen) atoms. The molecular formula is C12H14I3NO2. The Labute approximate surface area is 148 Å². The normalized spacial score (nSPS) is 12.6. The van der Waals surface area contributed by atoms with Gasteiger partial charge < -0.3 is 10.4 Å². The van der Waals surface area contributed by atoms with Crippen LogP contribution in [0.25, 0.3) is 0 Å². The van der Waals surface area contributed by atoms with Gasteiger partial charge in [0.2, 0.25) is 0 Å². The van der Waals surface area contributed by atoms with Gasteiger partial charge in [0.1, 0.15) is 0 Å². The number of amides is 1. The van der Waals surface area contributed by atoms with Crippen molar-refractivity contribution >= 4 is 73.7 Å². The fourth-order valence-corrected chi connectivity index (χ4v) is 3.65. The second-order valence-corrected chi connectivity index (χ2v) is 7.76. The van der Waals surface area contributed by atoms with Crippen LogP contribution in [0.5, 0.6) is 0 Å². The third kappa shape index (κ3) is 4.75. The van der Waals surface area contributed by atoms with E-state index in [-0.39, 0.29) is 18.4 Å². The lowest BCUT2D eigenvalue weighted by Gasteiger charge is -2.15. The van der Waals surface area contributed by atoms with E-state index < -0.39 is 6.10 Å². The molecule has 0 spiro atoms. The molecule has 0 heterocycles. The number of hydrogen-bond acceptors (Lipinski definition) is 2. The standard InChI is InChI=1S/C12H14I3NO2/c1-6(2)10(17)5-16-12(18)8-3-7(13)4-9(14)11(8)15/h3-4,6,10,17H,5H2,1-2H3,(H,16,18). The Kier molecular flexibility index (Phi) is 7.11. The van der Waals surface area contributed by atoms with Crippen molar-refractivity contribution in [3.63, 3.8) is 0 Å². The molecule has 1 unspecified atom stereocenters. The molecule has 0 aliphatic rings. The van der Waals surface area contributed by atoms with Crippen LogP contribution in [-0.2, 0) is 0 Å². The molecule has 1 aromatic carbocycles. The van der Waals surface area contributed by atoms with Gasteiger partial charge in [-0.2, -0.15) is 0 Å². The summed E-state index contributed by atoms with van der Waals surface area (Å²) in [5.74, 6) is 0.0101. The van der Waals surface area contributed by atoms with Crippen LogP contribution in [-0.4, -0.2) is 23.7 Å². The molecule has 2 N–H and O–H groups in total. The third-order valence-electron chi connectivity index (χ3n) is 2.48. The molecule has 0 saturated carbocycles. The molecule has 1 aromatic rings. The highest BCUT2D eigenvalue weighted by atomic mass is 127. The Morgan fingerprint density at radius 1 is 1.33 bits per heavy atom. The minimum Gasteiger partial charge on any atom is -0.391 e. The van der Waals surface area contributed by atoms with Crippen LogP contribution in [0.4, 0.5) is 0 Å². The first kappa shape index (κ1) is 16.9. The van der Waals surface area contributed by atoms with E-state index in [4.69, 9.17) is 0 Å². The van der Waals surface area contributed by atoms with Gasteiger partial charge >= 0.3 is 0 Å². The number of benzene rings is 1. The van der Waals surface area contributed by atoms with E-state index in [1.165, 1.54) is 0 Å². The second kappa shape index (κ2) is 7.58. The molecule has 0 aliphatic heterocycles. The Hall–Kier alpha value is 0.840. The molecule has 0 aliphatic carbocycles. The largest absolute Gasteiger partial charge is 0.391 e. The maximum absolute atomic E-state index is 12.1. The number of rotatable bonds is 4. The molecule has 0 radical (unpaired) electrons. The van der Waals surface area contributed by atoms with E-state index in [0.29, 0.717) is 5.56 Å². The number of aliphatic hydroxyl groups excluding tert-OH is 1. The fourth-order valence-electron chi connectivity index (χ4n) is 1.25. The lowest BCUT2D eigenvalue weighted by Crippen LogP contribution is -2.35.